The number of aliphatic hydroxyl groups is 1. The molecule has 3 heteroatoms. The molecule has 0 atom stereocenters. The number of aromatic nitrogens is 1. The fourth-order valence-corrected chi connectivity index (χ4v) is 1.64. The minimum atomic E-state index is -0.140. The van der Waals surface area contributed by atoms with Crippen LogP contribution >= 0.6 is 0 Å². The van der Waals surface area contributed by atoms with Crippen molar-refractivity contribution in [1.82, 2.24) is 4.98 Å². The van der Waals surface area contributed by atoms with Gasteiger partial charge in [-0.3, -0.25) is 0 Å². The van der Waals surface area contributed by atoms with Gasteiger partial charge in [0.2, 0.25) is 0 Å². The minimum absolute atomic E-state index is 0.140. The summed E-state index contributed by atoms with van der Waals surface area (Å²) in [5.74, 6) is 0.879. The summed E-state index contributed by atoms with van der Waals surface area (Å²) in [5, 5.41) is 14.8. The molecule has 17 heavy (non-hydrogen) atoms. The van der Waals surface area contributed by atoms with Crippen LogP contribution in [0.1, 0.15) is 13.8 Å². The molecule has 0 saturated heterocycles. The van der Waals surface area contributed by atoms with Crippen molar-refractivity contribution in [2.75, 3.05) is 18.5 Å². The second-order valence-corrected chi connectivity index (χ2v) is 5.06. The number of anilines is 1. The predicted octanol–water partition coefficient (Wildman–Crippen LogP) is 2.67. The highest BCUT2D eigenvalue weighted by Crippen LogP contribution is 2.22. The zero-order valence-electron chi connectivity index (χ0n) is 10.3. The maximum atomic E-state index is 9.22. The third-order valence-corrected chi connectivity index (χ3v) is 2.84. The normalized spacial score (nSPS) is 11.7. The summed E-state index contributed by atoms with van der Waals surface area (Å²) in [6, 6.07) is 10.1. The highest BCUT2D eigenvalue weighted by molar-refractivity contribution is 5.91. The van der Waals surface area contributed by atoms with Gasteiger partial charge < -0.3 is 10.4 Å². The van der Waals surface area contributed by atoms with Crippen molar-refractivity contribution in [3.05, 3.63) is 36.5 Å². The summed E-state index contributed by atoms with van der Waals surface area (Å²) in [6.45, 7) is 4.89. The molecule has 0 aliphatic rings. The molecule has 0 aliphatic heterocycles. The molecule has 0 bridgehead atoms. The number of nitrogens with zero attached hydrogens (tertiary/aromatic N) is 1. The molecule has 1 aromatic carbocycles. The Morgan fingerprint density at radius 3 is 2.76 bits per heavy atom. The molecule has 2 N–H and O–H groups in total. The van der Waals surface area contributed by atoms with Crippen molar-refractivity contribution in [2.24, 2.45) is 5.41 Å². The lowest BCUT2D eigenvalue weighted by Gasteiger charge is -2.22. The first-order chi connectivity index (χ1) is 8.12. The molecule has 0 unspecified atom stereocenters. The van der Waals surface area contributed by atoms with Gasteiger partial charge in [-0.2, -0.15) is 0 Å². The molecule has 0 spiro atoms. The van der Waals surface area contributed by atoms with Crippen LogP contribution in [0.3, 0.4) is 0 Å². The van der Waals surface area contributed by atoms with E-state index in [4.69, 9.17) is 0 Å². The van der Waals surface area contributed by atoms with Gasteiger partial charge in [0.1, 0.15) is 5.82 Å². The molecule has 1 aromatic heterocycles. The lowest BCUT2D eigenvalue weighted by Crippen LogP contribution is -2.27. The molecule has 0 radical (unpaired) electrons. The molecule has 90 valence electrons. The van der Waals surface area contributed by atoms with E-state index in [0.29, 0.717) is 6.54 Å². The molecular formula is C14H18N2O. The zero-order chi connectivity index (χ0) is 12.3. The second-order valence-electron chi connectivity index (χ2n) is 5.06. The number of aliphatic hydroxyl groups excluding tert-OH is 1. The zero-order valence-corrected chi connectivity index (χ0v) is 10.3. The van der Waals surface area contributed by atoms with Gasteiger partial charge in [-0.1, -0.05) is 38.1 Å². The van der Waals surface area contributed by atoms with E-state index < -0.39 is 0 Å². The van der Waals surface area contributed by atoms with E-state index in [2.05, 4.69) is 22.4 Å². The highest BCUT2D eigenvalue weighted by atomic mass is 16.3. The first-order valence-corrected chi connectivity index (χ1v) is 5.81. The summed E-state index contributed by atoms with van der Waals surface area (Å²) < 4.78 is 0. The summed E-state index contributed by atoms with van der Waals surface area (Å²) in [5.41, 5.74) is -0.140. The Kier molecular flexibility index (Phi) is 3.29. The molecule has 0 saturated carbocycles. The van der Waals surface area contributed by atoms with Crippen LogP contribution in [0.2, 0.25) is 0 Å². The third-order valence-electron chi connectivity index (χ3n) is 2.84. The van der Waals surface area contributed by atoms with Crippen molar-refractivity contribution < 1.29 is 5.11 Å². The highest BCUT2D eigenvalue weighted by Gasteiger charge is 2.16. The smallest absolute Gasteiger partial charge is 0.133 e. The Morgan fingerprint density at radius 1 is 1.24 bits per heavy atom. The maximum absolute atomic E-state index is 9.22. The summed E-state index contributed by atoms with van der Waals surface area (Å²) in [4.78, 5) is 4.35. The lowest BCUT2D eigenvalue weighted by molar-refractivity contribution is 0.171. The van der Waals surface area contributed by atoms with Crippen molar-refractivity contribution in [1.29, 1.82) is 0 Å². The van der Waals surface area contributed by atoms with Crippen LogP contribution < -0.4 is 5.32 Å². The standard InChI is InChI=1S/C14H18N2O/c1-14(2,10-17)9-16-13-12-6-4-3-5-11(12)7-8-15-13/h3-8,17H,9-10H2,1-2H3,(H,15,16). The number of rotatable bonds is 4. The van der Waals surface area contributed by atoms with E-state index in [1.165, 1.54) is 5.39 Å². The van der Waals surface area contributed by atoms with Crippen molar-refractivity contribution in [3.63, 3.8) is 0 Å². The first kappa shape index (κ1) is 11.9. The monoisotopic (exact) mass is 230 g/mol. The van der Waals surface area contributed by atoms with E-state index >= 15 is 0 Å². The molecular weight excluding hydrogens is 212 g/mol. The van der Waals surface area contributed by atoms with E-state index in [9.17, 15) is 5.11 Å². The lowest BCUT2D eigenvalue weighted by atomic mass is 9.95. The van der Waals surface area contributed by atoms with Gasteiger partial charge in [0.25, 0.3) is 0 Å². The van der Waals surface area contributed by atoms with Crippen molar-refractivity contribution >= 4 is 16.6 Å². The van der Waals surface area contributed by atoms with Gasteiger partial charge in [0.15, 0.2) is 0 Å². The van der Waals surface area contributed by atoms with Crippen LogP contribution in [-0.2, 0) is 0 Å². The number of benzene rings is 1. The van der Waals surface area contributed by atoms with Crippen LogP contribution in [0.15, 0.2) is 36.5 Å². The Labute approximate surface area is 102 Å². The summed E-state index contributed by atoms with van der Waals surface area (Å²) in [6.07, 6.45) is 1.80. The molecule has 1 heterocycles. The third kappa shape index (κ3) is 2.74. The number of nitrogens with one attached hydrogen (secondary N) is 1. The quantitative estimate of drug-likeness (QED) is 0.848. The summed E-state index contributed by atoms with van der Waals surface area (Å²) in [7, 11) is 0. The van der Waals surface area contributed by atoms with E-state index in [-0.39, 0.29) is 12.0 Å². The fraction of sp³-hybridized carbons (Fsp3) is 0.357. The van der Waals surface area contributed by atoms with E-state index in [1.54, 1.807) is 6.20 Å². The van der Waals surface area contributed by atoms with Gasteiger partial charge >= 0.3 is 0 Å². The molecule has 2 aromatic rings. The van der Waals surface area contributed by atoms with Crippen LogP contribution in [0, 0.1) is 5.41 Å². The van der Waals surface area contributed by atoms with Crippen LogP contribution in [0.4, 0.5) is 5.82 Å². The Hall–Kier alpha value is -1.61. The average molecular weight is 230 g/mol. The number of fused-ring (bicyclic) bond motifs is 1. The van der Waals surface area contributed by atoms with Crippen LogP contribution in [0.5, 0.6) is 0 Å². The molecule has 0 aliphatic carbocycles. The van der Waals surface area contributed by atoms with Gasteiger partial charge in [-0.15, -0.1) is 0 Å². The van der Waals surface area contributed by atoms with Crippen LogP contribution in [0.25, 0.3) is 10.8 Å². The van der Waals surface area contributed by atoms with Crippen molar-refractivity contribution in [3.8, 4) is 0 Å². The second kappa shape index (κ2) is 4.72. The molecule has 3 nitrogen and oxygen atoms in total. The fourth-order valence-electron chi connectivity index (χ4n) is 1.64. The van der Waals surface area contributed by atoms with Gasteiger partial charge in [0, 0.05) is 30.1 Å². The minimum Gasteiger partial charge on any atom is -0.396 e. The van der Waals surface area contributed by atoms with Crippen LogP contribution in [-0.4, -0.2) is 23.2 Å². The SMILES string of the molecule is CC(C)(CO)CNc1nccc2ccccc12. The van der Waals surface area contributed by atoms with E-state index in [1.807, 2.05) is 32.0 Å². The van der Waals surface area contributed by atoms with E-state index in [0.717, 1.165) is 11.2 Å². The maximum Gasteiger partial charge on any atom is 0.133 e. The molecule has 0 amide bonds. The average Bonchev–Trinajstić information content (AvgIpc) is 2.36. The Morgan fingerprint density at radius 2 is 2.00 bits per heavy atom. The largest absolute Gasteiger partial charge is 0.396 e. The predicted molar refractivity (Wildman–Crippen MR) is 71.1 cm³/mol. The summed E-state index contributed by atoms with van der Waals surface area (Å²) >= 11 is 0. The topological polar surface area (TPSA) is 45.1 Å². The Balaban J connectivity index is 2.24. The van der Waals surface area contributed by atoms with Crippen molar-refractivity contribution in [2.45, 2.75) is 13.8 Å². The van der Waals surface area contributed by atoms with Gasteiger partial charge in [-0.25, -0.2) is 4.98 Å². The van der Waals surface area contributed by atoms with Gasteiger partial charge in [-0.05, 0) is 11.5 Å². The molecule has 2 rings (SSSR count). The Bertz CT molecular complexity index is 503. The van der Waals surface area contributed by atoms with Gasteiger partial charge in [0.05, 0.1) is 0 Å². The number of hydrogen-bond acceptors (Lipinski definition) is 3. The number of hydrogen-bond donors (Lipinski definition) is 2. The molecule has 0 fully saturated rings. The number of pyridine rings is 1. The first-order valence-electron chi connectivity index (χ1n) is 5.81.